The Labute approximate surface area is 141 Å². The quantitative estimate of drug-likeness (QED) is 0.575. The van der Waals surface area contributed by atoms with Gasteiger partial charge < -0.3 is 4.74 Å². The molecule has 120 valence electrons. The van der Waals surface area contributed by atoms with Crippen molar-refractivity contribution in [3.63, 3.8) is 0 Å². The van der Waals surface area contributed by atoms with Crippen molar-refractivity contribution >= 4 is 32.6 Å². The number of hydrogen-bond acceptors (Lipinski definition) is 4. The van der Waals surface area contributed by atoms with Gasteiger partial charge in [-0.1, -0.05) is 6.07 Å². The molecule has 0 amide bonds. The molecule has 0 aliphatic heterocycles. The highest BCUT2D eigenvalue weighted by Gasteiger charge is 2.09. The molecule has 0 fully saturated rings. The molecular weight excluding hydrogens is 322 g/mol. The predicted octanol–water partition coefficient (Wildman–Crippen LogP) is 3.32. The van der Waals surface area contributed by atoms with Gasteiger partial charge in [0.2, 0.25) is 0 Å². The van der Waals surface area contributed by atoms with Gasteiger partial charge in [-0.15, -0.1) is 0 Å². The largest absolute Gasteiger partial charge is 0.497 e. The fourth-order valence-corrected chi connectivity index (χ4v) is 3.29. The number of aromatic nitrogens is 3. The summed E-state index contributed by atoms with van der Waals surface area (Å²) < 4.78 is 18.8. The lowest BCUT2D eigenvalue weighted by Crippen LogP contribution is -1.96. The van der Waals surface area contributed by atoms with Crippen LogP contribution in [0.5, 0.6) is 5.75 Å². The van der Waals surface area contributed by atoms with Crippen LogP contribution in [0.4, 0.5) is 0 Å². The molecule has 24 heavy (non-hydrogen) atoms. The minimum Gasteiger partial charge on any atom is -0.497 e. The lowest BCUT2D eigenvalue weighted by Gasteiger charge is -2.03. The molecule has 5 nitrogen and oxygen atoms in total. The van der Waals surface area contributed by atoms with Gasteiger partial charge in [0.05, 0.1) is 24.5 Å². The third kappa shape index (κ3) is 2.45. The summed E-state index contributed by atoms with van der Waals surface area (Å²) >= 11 is 0. The zero-order valence-corrected chi connectivity index (χ0v) is 14.1. The predicted molar refractivity (Wildman–Crippen MR) is 95.3 cm³/mol. The SMILES string of the molecule is COc1ccc2ncc3nn(-c4cccc(S(C)=O)c4)cc3c2c1. The Hall–Kier alpha value is -2.73. The normalized spacial score (nSPS) is 12.6. The van der Waals surface area contributed by atoms with Gasteiger partial charge in [0, 0.05) is 38.9 Å². The summed E-state index contributed by atoms with van der Waals surface area (Å²) in [5, 5.41) is 6.60. The van der Waals surface area contributed by atoms with Gasteiger partial charge >= 0.3 is 0 Å². The molecule has 4 aromatic rings. The van der Waals surface area contributed by atoms with Crippen molar-refractivity contribution in [2.24, 2.45) is 0 Å². The highest BCUT2D eigenvalue weighted by atomic mass is 32.2. The number of hydrogen-bond donors (Lipinski definition) is 0. The molecule has 0 aliphatic rings. The molecule has 1 atom stereocenters. The van der Waals surface area contributed by atoms with Crippen molar-refractivity contribution in [3.05, 3.63) is 54.9 Å². The van der Waals surface area contributed by atoms with E-state index < -0.39 is 10.8 Å². The number of fused-ring (bicyclic) bond motifs is 3. The second-order valence-corrected chi connectivity index (χ2v) is 6.84. The maximum Gasteiger partial charge on any atom is 0.119 e. The number of pyridine rings is 1. The Kier molecular flexibility index (Phi) is 3.54. The van der Waals surface area contributed by atoms with Gasteiger partial charge in [-0.2, -0.15) is 5.10 Å². The second-order valence-electron chi connectivity index (χ2n) is 5.47. The maximum atomic E-state index is 11.7. The van der Waals surface area contributed by atoms with Crippen LogP contribution in [0.15, 0.2) is 59.8 Å². The Morgan fingerprint density at radius 2 is 1.96 bits per heavy atom. The minimum absolute atomic E-state index is 0.775. The number of rotatable bonds is 3. The summed E-state index contributed by atoms with van der Waals surface area (Å²) in [5.41, 5.74) is 2.57. The first kappa shape index (κ1) is 14.8. The summed E-state index contributed by atoms with van der Waals surface area (Å²) in [4.78, 5) is 5.23. The third-order valence-electron chi connectivity index (χ3n) is 3.98. The molecule has 2 aromatic heterocycles. The van der Waals surface area contributed by atoms with Crippen molar-refractivity contribution in [3.8, 4) is 11.4 Å². The summed E-state index contributed by atoms with van der Waals surface area (Å²) in [5.74, 6) is 0.785. The fourth-order valence-electron chi connectivity index (χ4n) is 2.73. The van der Waals surface area contributed by atoms with Crippen molar-refractivity contribution < 1.29 is 8.95 Å². The van der Waals surface area contributed by atoms with Gasteiger partial charge in [0.25, 0.3) is 0 Å². The Balaban J connectivity index is 1.93. The number of ether oxygens (including phenoxy) is 1. The molecule has 0 saturated heterocycles. The van der Waals surface area contributed by atoms with Gasteiger partial charge in [0.15, 0.2) is 0 Å². The Bertz CT molecular complexity index is 1090. The average Bonchev–Trinajstić information content (AvgIpc) is 3.06. The third-order valence-corrected chi connectivity index (χ3v) is 4.89. The minimum atomic E-state index is -1.03. The monoisotopic (exact) mass is 337 g/mol. The molecule has 0 radical (unpaired) electrons. The van der Waals surface area contributed by atoms with E-state index in [-0.39, 0.29) is 0 Å². The lowest BCUT2D eigenvalue weighted by atomic mass is 10.1. The molecule has 6 heteroatoms. The van der Waals surface area contributed by atoms with Crippen LogP contribution < -0.4 is 4.74 Å². The molecule has 2 heterocycles. The zero-order chi connectivity index (χ0) is 16.7. The van der Waals surface area contributed by atoms with Gasteiger partial charge in [-0.25, -0.2) is 4.68 Å². The molecule has 4 rings (SSSR count). The molecular formula is C18H15N3O2S. The van der Waals surface area contributed by atoms with Gasteiger partial charge in [-0.05, 0) is 36.4 Å². The summed E-state index contributed by atoms with van der Waals surface area (Å²) in [7, 11) is 0.620. The van der Waals surface area contributed by atoms with E-state index >= 15 is 0 Å². The van der Waals surface area contributed by atoms with Crippen LogP contribution in [0.3, 0.4) is 0 Å². The van der Waals surface area contributed by atoms with Crippen LogP contribution in [-0.2, 0) is 10.8 Å². The molecule has 0 spiro atoms. The summed E-state index contributed by atoms with van der Waals surface area (Å²) in [6.07, 6.45) is 5.40. The molecule has 0 bridgehead atoms. The van der Waals surface area contributed by atoms with Crippen molar-refractivity contribution in [2.75, 3.05) is 13.4 Å². The van der Waals surface area contributed by atoms with Crippen molar-refractivity contribution in [2.45, 2.75) is 4.90 Å². The Morgan fingerprint density at radius 3 is 2.75 bits per heavy atom. The van der Waals surface area contributed by atoms with E-state index in [0.717, 1.165) is 38.1 Å². The second kappa shape index (κ2) is 5.72. The van der Waals surface area contributed by atoms with Crippen LogP contribution in [0.25, 0.3) is 27.5 Å². The van der Waals surface area contributed by atoms with E-state index in [9.17, 15) is 4.21 Å². The number of methoxy groups -OCH3 is 1. The van der Waals surface area contributed by atoms with E-state index in [0.29, 0.717) is 0 Å². The highest BCUT2D eigenvalue weighted by Crippen LogP contribution is 2.27. The smallest absolute Gasteiger partial charge is 0.119 e. The van der Waals surface area contributed by atoms with E-state index in [4.69, 9.17) is 4.74 Å². The van der Waals surface area contributed by atoms with E-state index in [2.05, 4.69) is 10.1 Å². The van der Waals surface area contributed by atoms with Gasteiger partial charge in [-0.3, -0.25) is 9.19 Å². The van der Waals surface area contributed by atoms with Gasteiger partial charge in [0.1, 0.15) is 11.3 Å². The van der Waals surface area contributed by atoms with E-state index in [1.54, 1.807) is 24.2 Å². The summed E-state index contributed by atoms with van der Waals surface area (Å²) in [6.45, 7) is 0. The van der Waals surface area contributed by atoms with Crippen molar-refractivity contribution in [1.29, 1.82) is 0 Å². The molecule has 2 aromatic carbocycles. The van der Waals surface area contributed by atoms with Crippen LogP contribution >= 0.6 is 0 Å². The molecule has 1 unspecified atom stereocenters. The highest BCUT2D eigenvalue weighted by molar-refractivity contribution is 7.84. The van der Waals surface area contributed by atoms with E-state index in [1.807, 2.05) is 48.7 Å². The number of nitrogens with zero attached hydrogens (tertiary/aromatic N) is 3. The molecule has 0 N–H and O–H groups in total. The van der Waals surface area contributed by atoms with Crippen LogP contribution in [0.2, 0.25) is 0 Å². The summed E-state index contributed by atoms with van der Waals surface area (Å²) in [6, 6.07) is 13.4. The van der Waals surface area contributed by atoms with E-state index in [1.165, 1.54) is 0 Å². The van der Waals surface area contributed by atoms with Crippen molar-refractivity contribution in [1.82, 2.24) is 14.8 Å². The average molecular weight is 337 g/mol. The molecule has 0 aliphatic carbocycles. The van der Waals surface area contributed by atoms with Crippen LogP contribution in [0.1, 0.15) is 0 Å². The number of benzene rings is 2. The Morgan fingerprint density at radius 1 is 1.08 bits per heavy atom. The fraction of sp³-hybridized carbons (Fsp3) is 0.111. The first-order valence-electron chi connectivity index (χ1n) is 7.42. The maximum absolute atomic E-state index is 11.7. The first-order valence-corrected chi connectivity index (χ1v) is 8.97. The first-order chi connectivity index (χ1) is 11.7. The molecule has 0 saturated carbocycles. The standard InChI is InChI=1S/C18H15N3O2S/c1-23-13-6-7-17-15(9-13)16-11-21(20-18(16)10-19-17)12-4-3-5-14(8-12)24(2)22/h3-11H,1-2H3. The lowest BCUT2D eigenvalue weighted by molar-refractivity contribution is 0.415. The van der Waals surface area contributed by atoms with Crippen LogP contribution in [0, 0.1) is 0 Å². The zero-order valence-electron chi connectivity index (χ0n) is 13.3. The topological polar surface area (TPSA) is 57.0 Å². The van der Waals surface area contributed by atoms with Crippen LogP contribution in [-0.4, -0.2) is 32.3 Å².